The molecule has 0 atom stereocenters. The average Bonchev–Trinajstić information content (AvgIpc) is 2.05. The van der Waals surface area contributed by atoms with E-state index in [1.54, 1.807) is 6.08 Å². The summed E-state index contributed by atoms with van der Waals surface area (Å²) in [6.07, 6.45) is 10.6. The smallest absolute Gasteiger partial charge is 0.0169 e. The van der Waals surface area contributed by atoms with E-state index in [4.69, 9.17) is 0 Å². The molecule has 0 aliphatic carbocycles. The zero-order valence-electron chi connectivity index (χ0n) is 7.72. The van der Waals surface area contributed by atoms with Crippen molar-refractivity contribution in [2.45, 2.75) is 13.3 Å². The lowest BCUT2D eigenvalue weighted by Crippen LogP contribution is -1.71. The highest BCUT2D eigenvalue weighted by Crippen LogP contribution is 2.02. The summed E-state index contributed by atoms with van der Waals surface area (Å²) in [5.74, 6) is 0. The van der Waals surface area contributed by atoms with Crippen LogP contribution in [0.5, 0.6) is 0 Å². The van der Waals surface area contributed by atoms with Crippen LogP contribution < -0.4 is 0 Å². The normalized spacial score (nSPS) is 11.6. The summed E-state index contributed by atoms with van der Waals surface area (Å²) in [6, 6.07) is 0. The van der Waals surface area contributed by atoms with Crippen molar-refractivity contribution >= 4 is 0 Å². The van der Waals surface area contributed by atoms with Crippen molar-refractivity contribution in [1.82, 2.24) is 0 Å². The van der Waals surface area contributed by atoms with Crippen LogP contribution in [0.4, 0.5) is 0 Å². The first-order valence-electron chi connectivity index (χ1n) is 3.97. The first-order chi connectivity index (χ1) is 5.70. The second-order valence-electron chi connectivity index (χ2n) is 2.59. The number of allylic oxidation sites excluding steroid dienone is 7. The lowest BCUT2D eigenvalue weighted by Gasteiger charge is -1.91. The summed E-state index contributed by atoms with van der Waals surface area (Å²) < 4.78 is 0. The van der Waals surface area contributed by atoms with Gasteiger partial charge in [0, 0.05) is 0 Å². The van der Waals surface area contributed by atoms with E-state index in [9.17, 15) is 0 Å². The Labute approximate surface area is 75.3 Å². The molecule has 0 aliphatic heterocycles. The molecule has 12 heavy (non-hydrogen) atoms. The van der Waals surface area contributed by atoms with Gasteiger partial charge in [-0.1, -0.05) is 49.1 Å². The monoisotopic (exact) mass is 160 g/mol. The second kappa shape index (κ2) is 6.41. The maximum atomic E-state index is 3.79. The maximum Gasteiger partial charge on any atom is -0.0169 e. The predicted octanol–water partition coefficient (Wildman–Crippen LogP) is 3.81. The van der Waals surface area contributed by atoms with Gasteiger partial charge >= 0.3 is 0 Å². The molecule has 0 aromatic carbocycles. The molecule has 0 unspecified atom stereocenters. The summed E-state index contributed by atoms with van der Waals surface area (Å²) in [4.78, 5) is 0. The van der Waals surface area contributed by atoms with E-state index < -0.39 is 0 Å². The van der Waals surface area contributed by atoms with E-state index in [-0.39, 0.29) is 0 Å². The van der Waals surface area contributed by atoms with Gasteiger partial charge in [-0.3, -0.25) is 0 Å². The van der Waals surface area contributed by atoms with Crippen molar-refractivity contribution in [3.05, 3.63) is 61.3 Å². The molecule has 0 saturated carbocycles. The summed E-state index contributed by atoms with van der Waals surface area (Å²) in [6.45, 7) is 13.1. The molecule has 0 aromatic rings. The van der Waals surface area contributed by atoms with Crippen LogP contribution in [0.3, 0.4) is 0 Å². The van der Waals surface area contributed by atoms with Crippen LogP contribution in [0.25, 0.3) is 0 Å². The van der Waals surface area contributed by atoms with Crippen LogP contribution in [0, 0.1) is 0 Å². The van der Waals surface area contributed by atoms with Crippen molar-refractivity contribution in [1.29, 1.82) is 0 Å². The molecule has 0 amide bonds. The molecule has 0 nitrogen and oxygen atoms in total. The fraction of sp³-hybridized carbons (Fsp3) is 0.167. The first kappa shape index (κ1) is 10.7. The lowest BCUT2D eigenvalue weighted by molar-refractivity contribution is 1.37. The van der Waals surface area contributed by atoms with Gasteiger partial charge in [0.05, 0.1) is 0 Å². The minimum atomic E-state index is 0.908. The minimum absolute atomic E-state index is 0.908. The molecule has 0 aromatic heterocycles. The Morgan fingerprint density at radius 3 is 2.50 bits per heavy atom. The third-order valence-electron chi connectivity index (χ3n) is 1.36. The van der Waals surface area contributed by atoms with Crippen LogP contribution in [-0.4, -0.2) is 0 Å². The lowest BCUT2D eigenvalue weighted by atomic mass is 10.1. The molecule has 0 N–H and O–H groups in total. The van der Waals surface area contributed by atoms with Gasteiger partial charge in [-0.05, 0) is 18.9 Å². The SMILES string of the molecule is C=CC/C=C\C(C)=C/C(=C)C=C. The molecular formula is C12H16. The predicted molar refractivity (Wildman–Crippen MR) is 57.0 cm³/mol. The highest BCUT2D eigenvalue weighted by molar-refractivity contribution is 5.32. The van der Waals surface area contributed by atoms with Gasteiger partial charge in [0.25, 0.3) is 0 Å². The van der Waals surface area contributed by atoms with E-state index in [0.29, 0.717) is 0 Å². The third-order valence-corrected chi connectivity index (χ3v) is 1.36. The molecule has 0 heterocycles. The van der Waals surface area contributed by atoms with E-state index in [2.05, 4.69) is 31.9 Å². The van der Waals surface area contributed by atoms with E-state index in [1.165, 1.54) is 5.57 Å². The van der Waals surface area contributed by atoms with Crippen LogP contribution in [-0.2, 0) is 0 Å². The zero-order chi connectivity index (χ0) is 9.40. The Morgan fingerprint density at radius 2 is 2.00 bits per heavy atom. The van der Waals surface area contributed by atoms with Crippen molar-refractivity contribution in [2.75, 3.05) is 0 Å². The summed E-state index contributed by atoms with van der Waals surface area (Å²) in [7, 11) is 0. The Balaban J connectivity index is 4.09. The topological polar surface area (TPSA) is 0 Å². The fourth-order valence-electron chi connectivity index (χ4n) is 0.750. The molecule has 0 spiro atoms. The average molecular weight is 160 g/mol. The van der Waals surface area contributed by atoms with Crippen LogP contribution >= 0.6 is 0 Å². The molecule has 0 saturated heterocycles. The van der Waals surface area contributed by atoms with Crippen molar-refractivity contribution in [2.24, 2.45) is 0 Å². The summed E-state index contributed by atoms with van der Waals surface area (Å²) in [5, 5.41) is 0. The van der Waals surface area contributed by atoms with Crippen molar-refractivity contribution < 1.29 is 0 Å². The summed E-state index contributed by atoms with van der Waals surface area (Å²) in [5.41, 5.74) is 2.12. The van der Waals surface area contributed by atoms with Gasteiger partial charge in [-0.15, -0.1) is 6.58 Å². The van der Waals surface area contributed by atoms with Gasteiger partial charge in [-0.25, -0.2) is 0 Å². The molecule has 0 radical (unpaired) electrons. The van der Waals surface area contributed by atoms with Gasteiger partial charge in [-0.2, -0.15) is 0 Å². The van der Waals surface area contributed by atoms with Gasteiger partial charge < -0.3 is 0 Å². The standard InChI is InChI=1S/C12H16/c1-5-7-8-9-12(4)10-11(3)6-2/h5-6,8-10H,1-3,7H2,4H3/b9-8-,12-10-. The van der Waals surface area contributed by atoms with Crippen LogP contribution in [0.1, 0.15) is 13.3 Å². The van der Waals surface area contributed by atoms with E-state index >= 15 is 0 Å². The highest BCUT2D eigenvalue weighted by atomic mass is 13.9. The van der Waals surface area contributed by atoms with E-state index in [1.807, 2.05) is 19.1 Å². The molecule has 0 bridgehead atoms. The van der Waals surface area contributed by atoms with Gasteiger partial charge in [0.2, 0.25) is 0 Å². The second-order valence-corrected chi connectivity index (χ2v) is 2.59. The maximum absolute atomic E-state index is 3.79. The third kappa shape index (κ3) is 5.48. The zero-order valence-corrected chi connectivity index (χ0v) is 7.72. The Morgan fingerprint density at radius 1 is 1.33 bits per heavy atom. The molecule has 0 heteroatoms. The molecule has 0 aliphatic rings. The van der Waals surface area contributed by atoms with Crippen molar-refractivity contribution in [3.8, 4) is 0 Å². The van der Waals surface area contributed by atoms with Gasteiger partial charge in [0.1, 0.15) is 0 Å². The van der Waals surface area contributed by atoms with Crippen molar-refractivity contribution in [3.63, 3.8) is 0 Å². The largest absolute Gasteiger partial charge is 0.103 e. The Hall–Kier alpha value is -1.30. The fourth-order valence-corrected chi connectivity index (χ4v) is 0.750. The quantitative estimate of drug-likeness (QED) is 0.424. The molecule has 0 rings (SSSR count). The number of hydrogen-bond donors (Lipinski definition) is 0. The number of hydrogen-bond acceptors (Lipinski definition) is 0. The Kier molecular flexibility index (Phi) is 5.72. The highest BCUT2D eigenvalue weighted by Gasteiger charge is 1.82. The molecular weight excluding hydrogens is 144 g/mol. The van der Waals surface area contributed by atoms with Gasteiger partial charge in [0.15, 0.2) is 0 Å². The summed E-state index contributed by atoms with van der Waals surface area (Å²) >= 11 is 0. The Bertz CT molecular complexity index is 226. The molecule has 0 fully saturated rings. The van der Waals surface area contributed by atoms with E-state index in [0.717, 1.165) is 12.0 Å². The first-order valence-corrected chi connectivity index (χ1v) is 3.97. The van der Waals surface area contributed by atoms with Crippen LogP contribution in [0.2, 0.25) is 0 Å². The van der Waals surface area contributed by atoms with Crippen LogP contribution in [0.15, 0.2) is 61.3 Å². The number of rotatable bonds is 5. The minimum Gasteiger partial charge on any atom is -0.103 e. The molecule has 64 valence electrons.